The van der Waals surface area contributed by atoms with Gasteiger partial charge in [-0.15, -0.1) is 0 Å². The molecule has 2 N–H and O–H groups in total. The maximum Gasteiger partial charge on any atom is 0.257 e. The van der Waals surface area contributed by atoms with Crippen molar-refractivity contribution in [3.05, 3.63) is 23.8 Å². The molecule has 0 fully saturated rings. The number of rotatable bonds is 5. The van der Waals surface area contributed by atoms with Gasteiger partial charge in [0.25, 0.3) is 5.91 Å². The van der Waals surface area contributed by atoms with Crippen LogP contribution in [0.25, 0.3) is 0 Å². The summed E-state index contributed by atoms with van der Waals surface area (Å²) in [6.45, 7) is 2.40. The molecule has 0 bridgehead atoms. The van der Waals surface area contributed by atoms with Crippen LogP contribution in [-0.4, -0.2) is 44.7 Å². The lowest BCUT2D eigenvalue weighted by Gasteiger charge is -2.25. The van der Waals surface area contributed by atoms with E-state index < -0.39 is 0 Å². The minimum atomic E-state index is -0.135. The van der Waals surface area contributed by atoms with E-state index in [2.05, 4.69) is 0 Å². The number of methoxy groups -OCH3 is 2. The lowest BCUT2D eigenvalue weighted by atomic mass is 10.1. The summed E-state index contributed by atoms with van der Waals surface area (Å²) < 4.78 is 10.2. The lowest BCUT2D eigenvalue weighted by Crippen LogP contribution is -2.38. The number of likely N-dealkylation sites (N-methyl/N-ethyl adjacent to an activating group) is 1. The van der Waals surface area contributed by atoms with E-state index in [4.69, 9.17) is 15.2 Å². The van der Waals surface area contributed by atoms with Crippen LogP contribution >= 0.6 is 0 Å². The molecule has 5 nitrogen and oxygen atoms in total. The number of carbonyl (C=O) groups is 1. The SMILES string of the molecule is COCC(C)N(C)C(=O)c1cc(N)ccc1OC. The van der Waals surface area contributed by atoms with Gasteiger partial charge in [-0.2, -0.15) is 0 Å². The van der Waals surface area contributed by atoms with Crippen LogP contribution < -0.4 is 10.5 Å². The summed E-state index contributed by atoms with van der Waals surface area (Å²) in [6, 6.07) is 5.00. The summed E-state index contributed by atoms with van der Waals surface area (Å²) in [5.74, 6) is 0.384. The van der Waals surface area contributed by atoms with Crippen LogP contribution in [-0.2, 0) is 4.74 Å². The van der Waals surface area contributed by atoms with Gasteiger partial charge in [0.2, 0.25) is 0 Å². The predicted octanol–water partition coefficient (Wildman–Crippen LogP) is 1.38. The van der Waals surface area contributed by atoms with Gasteiger partial charge in [-0.25, -0.2) is 0 Å². The van der Waals surface area contributed by atoms with Gasteiger partial charge in [-0.3, -0.25) is 4.79 Å². The Morgan fingerprint density at radius 1 is 1.44 bits per heavy atom. The molecule has 100 valence electrons. The molecule has 1 unspecified atom stereocenters. The summed E-state index contributed by atoms with van der Waals surface area (Å²) in [7, 11) is 4.87. The Morgan fingerprint density at radius 2 is 2.11 bits per heavy atom. The number of anilines is 1. The Kier molecular flexibility index (Phi) is 4.97. The standard InChI is InChI=1S/C13H20N2O3/c1-9(8-17-3)15(2)13(16)11-7-10(14)5-6-12(11)18-4/h5-7,9H,8,14H2,1-4H3. The van der Waals surface area contributed by atoms with Crippen molar-refractivity contribution in [3.63, 3.8) is 0 Å². The van der Waals surface area contributed by atoms with Crippen molar-refractivity contribution in [1.82, 2.24) is 4.90 Å². The zero-order chi connectivity index (χ0) is 13.7. The third-order valence-corrected chi connectivity index (χ3v) is 2.84. The number of nitrogen functional groups attached to an aromatic ring is 1. The highest BCUT2D eigenvalue weighted by Gasteiger charge is 2.20. The first-order chi connectivity index (χ1) is 8.51. The average Bonchev–Trinajstić information content (AvgIpc) is 2.37. The van der Waals surface area contributed by atoms with Gasteiger partial charge in [-0.05, 0) is 25.1 Å². The van der Waals surface area contributed by atoms with Crippen molar-refractivity contribution in [2.24, 2.45) is 0 Å². The second kappa shape index (κ2) is 6.26. The first kappa shape index (κ1) is 14.3. The number of hydrogen-bond donors (Lipinski definition) is 1. The number of nitrogens with two attached hydrogens (primary N) is 1. The van der Waals surface area contributed by atoms with Crippen LogP contribution in [0.1, 0.15) is 17.3 Å². The molecule has 0 radical (unpaired) electrons. The Balaban J connectivity index is 2.98. The van der Waals surface area contributed by atoms with Crippen molar-refractivity contribution < 1.29 is 14.3 Å². The number of ether oxygens (including phenoxy) is 2. The van der Waals surface area contributed by atoms with Gasteiger partial charge >= 0.3 is 0 Å². The third kappa shape index (κ3) is 3.13. The van der Waals surface area contributed by atoms with Crippen molar-refractivity contribution in [3.8, 4) is 5.75 Å². The summed E-state index contributed by atoms with van der Waals surface area (Å²) in [5, 5.41) is 0. The fourth-order valence-corrected chi connectivity index (χ4v) is 1.64. The largest absolute Gasteiger partial charge is 0.496 e. The summed E-state index contributed by atoms with van der Waals surface area (Å²) in [4.78, 5) is 13.9. The van der Waals surface area contributed by atoms with Crippen LogP contribution in [0.4, 0.5) is 5.69 Å². The van der Waals surface area contributed by atoms with Crippen LogP contribution in [0, 0.1) is 0 Å². The first-order valence-electron chi connectivity index (χ1n) is 5.70. The normalized spacial score (nSPS) is 12.0. The Labute approximate surface area is 107 Å². The van der Waals surface area contributed by atoms with Gasteiger partial charge in [0.1, 0.15) is 5.75 Å². The molecular formula is C13H20N2O3. The predicted molar refractivity (Wildman–Crippen MR) is 70.8 cm³/mol. The van der Waals surface area contributed by atoms with Crippen molar-refractivity contribution in [2.75, 3.05) is 33.6 Å². The molecular weight excluding hydrogens is 232 g/mol. The molecule has 1 aromatic carbocycles. The van der Waals surface area contributed by atoms with Crippen LogP contribution in [0.3, 0.4) is 0 Å². The molecule has 0 heterocycles. The number of benzene rings is 1. The summed E-state index contributed by atoms with van der Waals surface area (Å²) in [6.07, 6.45) is 0. The van der Waals surface area contributed by atoms with E-state index in [1.807, 2.05) is 6.92 Å². The zero-order valence-corrected chi connectivity index (χ0v) is 11.3. The molecule has 18 heavy (non-hydrogen) atoms. The van der Waals surface area contributed by atoms with Gasteiger partial charge in [0.15, 0.2) is 0 Å². The molecule has 0 saturated heterocycles. The third-order valence-electron chi connectivity index (χ3n) is 2.84. The van der Waals surface area contributed by atoms with E-state index in [1.54, 1.807) is 37.3 Å². The smallest absolute Gasteiger partial charge is 0.257 e. The average molecular weight is 252 g/mol. The van der Waals surface area contributed by atoms with E-state index in [0.29, 0.717) is 23.6 Å². The molecule has 0 aliphatic rings. The molecule has 1 atom stereocenters. The molecule has 0 aromatic heterocycles. The summed E-state index contributed by atoms with van der Waals surface area (Å²) >= 11 is 0. The molecule has 0 aliphatic carbocycles. The molecule has 0 aliphatic heterocycles. The van der Waals surface area contributed by atoms with E-state index >= 15 is 0 Å². The number of nitrogens with zero attached hydrogens (tertiary/aromatic N) is 1. The first-order valence-corrected chi connectivity index (χ1v) is 5.70. The fourth-order valence-electron chi connectivity index (χ4n) is 1.64. The van der Waals surface area contributed by atoms with Gasteiger partial charge < -0.3 is 20.1 Å². The number of carbonyl (C=O) groups excluding carboxylic acids is 1. The zero-order valence-electron chi connectivity index (χ0n) is 11.3. The highest BCUT2D eigenvalue weighted by Crippen LogP contribution is 2.23. The minimum absolute atomic E-state index is 0.0198. The lowest BCUT2D eigenvalue weighted by molar-refractivity contribution is 0.0630. The highest BCUT2D eigenvalue weighted by atomic mass is 16.5. The Morgan fingerprint density at radius 3 is 2.67 bits per heavy atom. The van der Waals surface area contributed by atoms with Crippen LogP contribution in [0.5, 0.6) is 5.75 Å². The molecule has 0 saturated carbocycles. The van der Waals surface area contributed by atoms with E-state index in [0.717, 1.165) is 0 Å². The van der Waals surface area contributed by atoms with Crippen LogP contribution in [0.15, 0.2) is 18.2 Å². The monoisotopic (exact) mass is 252 g/mol. The maximum atomic E-state index is 12.3. The van der Waals surface area contributed by atoms with Crippen molar-refractivity contribution in [1.29, 1.82) is 0 Å². The Bertz CT molecular complexity index is 421. The minimum Gasteiger partial charge on any atom is -0.496 e. The summed E-state index contributed by atoms with van der Waals surface area (Å²) in [5.41, 5.74) is 6.70. The van der Waals surface area contributed by atoms with Gasteiger partial charge in [0, 0.05) is 19.8 Å². The highest BCUT2D eigenvalue weighted by molar-refractivity contribution is 5.97. The van der Waals surface area contributed by atoms with E-state index in [-0.39, 0.29) is 11.9 Å². The van der Waals surface area contributed by atoms with Gasteiger partial charge in [-0.1, -0.05) is 0 Å². The van der Waals surface area contributed by atoms with E-state index in [9.17, 15) is 4.79 Å². The maximum absolute atomic E-state index is 12.3. The quantitative estimate of drug-likeness (QED) is 0.804. The Hall–Kier alpha value is -1.75. The number of amides is 1. The van der Waals surface area contributed by atoms with Crippen molar-refractivity contribution >= 4 is 11.6 Å². The molecule has 1 aromatic rings. The van der Waals surface area contributed by atoms with Crippen LogP contribution in [0.2, 0.25) is 0 Å². The topological polar surface area (TPSA) is 64.8 Å². The van der Waals surface area contributed by atoms with Gasteiger partial charge in [0.05, 0.1) is 25.3 Å². The molecule has 1 amide bonds. The second-order valence-electron chi connectivity index (χ2n) is 4.18. The number of hydrogen-bond acceptors (Lipinski definition) is 4. The second-order valence-corrected chi connectivity index (χ2v) is 4.18. The molecule has 1 rings (SSSR count). The molecule has 5 heteroatoms. The fraction of sp³-hybridized carbons (Fsp3) is 0.462. The van der Waals surface area contributed by atoms with Crippen molar-refractivity contribution in [2.45, 2.75) is 13.0 Å². The molecule has 0 spiro atoms. The van der Waals surface area contributed by atoms with E-state index in [1.165, 1.54) is 7.11 Å².